The Labute approximate surface area is 142 Å². The van der Waals surface area contributed by atoms with Crippen LogP contribution >= 0.6 is 0 Å². The zero-order valence-corrected chi connectivity index (χ0v) is 13.5. The third kappa shape index (κ3) is 2.15. The molecule has 0 saturated heterocycles. The first-order valence-corrected chi connectivity index (χ1v) is 8.57. The topological polar surface area (TPSA) is 0 Å². The van der Waals surface area contributed by atoms with Crippen LogP contribution in [0, 0.1) is 0 Å². The average Bonchev–Trinajstić information content (AvgIpc) is 2.65. The fourth-order valence-corrected chi connectivity index (χ4v) is 3.86. The maximum Gasteiger partial charge on any atom is -0.00851 e. The SMILES string of the molecule is C1=CCC(=C2CC=Cc3cc4cc5ccccc5cc4cc32)C=C1. The van der Waals surface area contributed by atoms with Crippen LogP contribution in [-0.2, 0) is 0 Å². The van der Waals surface area contributed by atoms with Crippen molar-refractivity contribution in [2.75, 3.05) is 0 Å². The summed E-state index contributed by atoms with van der Waals surface area (Å²) in [6.07, 6.45) is 15.4. The molecular formula is C24H18. The average molecular weight is 306 g/mol. The molecule has 0 atom stereocenters. The van der Waals surface area contributed by atoms with Crippen molar-refractivity contribution in [3.63, 3.8) is 0 Å². The Morgan fingerprint density at radius 2 is 1.42 bits per heavy atom. The molecule has 5 rings (SSSR count). The molecule has 24 heavy (non-hydrogen) atoms. The largest absolute Gasteiger partial charge is 0.0801 e. The van der Waals surface area contributed by atoms with Crippen molar-refractivity contribution in [1.82, 2.24) is 0 Å². The quantitative estimate of drug-likeness (QED) is 0.406. The fraction of sp³-hybridized carbons (Fsp3) is 0.0833. The molecule has 0 heterocycles. The van der Waals surface area contributed by atoms with E-state index in [0.29, 0.717) is 0 Å². The van der Waals surface area contributed by atoms with Gasteiger partial charge in [-0.3, -0.25) is 0 Å². The van der Waals surface area contributed by atoms with Gasteiger partial charge in [0.05, 0.1) is 0 Å². The zero-order chi connectivity index (χ0) is 15.9. The van der Waals surface area contributed by atoms with Crippen molar-refractivity contribution < 1.29 is 0 Å². The summed E-state index contributed by atoms with van der Waals surface area (Å²) >= 11 is 0. The molecule has 0 fully saturated rings. The molecule has 0 N–H and O–H groups in total. The molecule has 3 aromatic carbocycles. The third-order valence-electron chi connectivity index (χ3n) is 5.09. The molecule has 2 aliphatic carbocycles. The van der Waals surface area contributed by atoms with E-state index in [9.17, 15) is 0 Å². The first-order valence-electron chi connectivity index (χ1n) is 8.57. The van der Waals surface area contributed by atoms with Gasteiger partial charge in [-0.25, -0.2) is 0 Å². The van der Waals surface area contributed by atoms with E-state index in [2.05, 4.69) is 85.0 Å². The molecular weight excluding hydrogens is 288 g/mol. The van der Waals surface area contributed by atoms with Gasteiger partial charge in [-0.1, -0.05) is 60.7 Å². The van der Waals surface area contributed by atoms with Crippen LogP contribution in [0.4, 0.5) is 0 Å². The summed E-state index contributed by atoms with van der Waals surface area (Å²) in [5.74, 6) is 0. The van der Waals surface area contributed by atoms with Crippen LogP contribution < -0.4 is 0 Å². The summed E-state index contributed by atoms with van der Waals surface area (Å²) in [4.78, 5) is 0. The Hall–Kier alpha value is -2.86. The van der Waals surface area contributed by atoms with Crippen LogP contribution in [0.2, 0.25) is 0 Å². The highest BCUT2D eigenvalue weighted by Gasteiger charge is 2.15. The van der Waals surface area contributed by atoms with Crippen molar-refractivity contribution in [3.05, 3.63) is 95.6 Å². The maximum atomic E-state index is 2.38. The molecule has 0 radical (unpaired) electrons. The van der Waals surface area contributed by atoms with E-state index in [1.54, 1.807) is 0 Å². The summed E-state index contributed by atoms with van der Waals surface area (Å²) in [7, 11) is 0. The van der Waals surface area contributed by atoms with Gasteiger partial charge in [0.2, 0.25) is 0 Å². The molecule has 0 heteroatoms. The van der Waals surface area contributed by atoms with Crippen LogP contribution in [0.25, 0.3) is 33.2 Å². The Balaban J connectivity index is 1.78. The smallest absolute Gasteiger partial charge is 0.00851 e. The summed E-state index contributed by atoms with van der Waals surface area (Å²) in [5.41, 5.74) is 5.66. The lowest BCUT2D eigenvalue weighted by Crippen LogP contribution is -1.98. The first-order chi connectivity index (χ1) is 11.9. The van der Waals surface area contributed by atoms with Gasteiger partial charge in [0.1, 0.15) is 0 Å². The molecule has 0 aromatic heterocycles. The Kier molecular flexibility index (Phi) is 3.02. The predicted molar refractivity (Wildman–Crippen MR) is 105 cm³/mol. The fourth-order valence-electron chi connectivity index (χ4n) is 3.86. The van der Waals surface area contributed by atoms with Crippen molar-refractivity contribution in [3.8, 4) is 0 Å². The van der Waals surface area contributed by atoms with E-state index < -0.39 is 0 Å². The summed E-state index contributed by atoms with van der Waals surface area (Å²) in [6, 6.07) is 18.0. The van der Waals surface area contributed by atoms with Crippen molar-refractivity contribution >= 4 is 33.2 Å². The van der Waals surface area contributed by atoms with Crippen molar-refractivity contribution in [1.29, 1.82) is 0 Å². The van der Waals surface area contributed by atoms with Crippen LogP contribution in [0.3, 0.4) is 0 Å². The third-order valence-corrected chi connectivity index (χ3v) is 5.09. The minimum absolute atomic E-state index is 1.03. The van der Waals surface area contributed by atoms with E-state index in [1.807, 2.05) is 0 Å². The molecule has 2 aliphatic rings. The van der Waals surface area contributed by atoms with Gasteiger partial charge in [0.15, 0.2) is 0 Å². The highest BCUT2D eigenvalue weighted by atomic mass is 14.2. The van der Waals surface area contributed by atoms with Gasteiger partial charge in [-0.15, -0.1) is 0 Å². The summed E-state index contributed by atoms with van der Waals surface area (Å²) < 4.78 is 0. The molecule has 114 valence electrons. The second-order valence-electron chi connectivity index (χ2n) is 6.59. The molecule has 3 aromatic rings. The van der Waals surface area contributed by atoms with Gasteiger partial charge in [0, 0.05) is 0 Å². The number of rotatable bonds is 0. The number of hydrogen-bond donors (Lipinski definition) is 0. The van der Waals surface area contributed by atoms with Crippen LogP contribution in [-0.4, -0.2) is 0 Å². The molecule has 0 nitrogen and oxygen atoms in total. The number of hydrogen-bond acceptors (Lipinski definition) is 0. The second kappa shape index (κ2) is 5.35. The van der Waals surface area contributed by atoms with E-state index in [-0.39, 0.29) is 0 Å². The van der Waals surface area contributed by atoms with E-state index in [0.717, 1.165) is 12.8 Å². The predicted octanol–water partition coefficient (Wildman–Crippen LogP) is 6.68. The lowest BCUT2D eigenvalue weighted by molar-refractivity contribution is 1.22. The lowest BCUT2D eigenvalue weighted by Gasteiger charge is -2.19. The monoisotopic (exact) mass is 306 g/mol. The molecule has 0 amide bonds. The van der Waals surface area contributed by atoms with E-state index in [1.165, 1.54) is 43.8 Å². The Morgan fingerprint density at radius 3 is 2.17 bits per heavy atom. The van der Waals surface area contributed by atoms with Crippen LogP contribution in [0.1, 0.15) is 24.0 Å². The van der Waals surface area contributed by atoms with Gasteiger partial charge >= 0.3 is 0 Å². The normalized spacial score (nSPS) is 19.2. The minimum atomic E-state index is 1.03. The van der Waals surface area contributed by atoms with Crippen LogP contribution in [0.5, 0.6) is 0 Å². The van der Waals surface area contributed by atoms with Gasteiger partial charge in [-0.05, 0) is 80.9 Å². The van der Waals surface area contributed by atoms with Crippen molar-refractivity contribution in [2.24, 2.45) is 0 Å². The maximum absolute atomic E-state index is 2.38. The Bertz CT molecular complexity index is 1090. The highest BCUT2D eigenvalue weighted by Crippen LogP contribution is 2.37. The first kappa shape index (κ1) is 13.6. The Morgan fingerprint density at radius 1 is 0.625 bits per heavy atom. The standard InChI is InChI=1S/C24H18/c1-2-7-17(8-3-1)23-12-6-11-20-15-21-13-18-9-4-5-10-19(18)14-22(21)16-24(20)23/h1-7,9-11,13-16H,8,12H2. The molecule has 0 unspecified atom stereocenters. The molecule has 0 saturated carbocycles. The summed E-state index contributed by atoms with van der Waals surface area (Å²) in [5, 5.41) is 5.27. The number of allylic oxidation sites excluding steroid dienone is 7. The summed E-state index contributed by atoms with van der Waals surface area (Å²) in [6.45, 7) is 0. The lowest BCUT2D eigenvalue weighted by atomic mass is 9.85. The van der Waals surface area contributed by atoms with Gasteiger partial charge in [0.25, 0.3) is 0 Å². The van der Waals surface area contributed by atoms with E-state index >= 15 is 0 Å². The van der Waals surface area contributed by atoms with Crippen molar-refractivity contribution in [2.45, 2.75) is 12.8 Å². The molecule has 0 spiro atoms. The number of benzene rings is 3. The van der Waals surface area contributed by atoms with Gasteiger partial charge in [-0.2, -0.15) is 0 Å². The zero-order valence-electron chi connectivity index (χ0n) is 13.5. The van der Waals surface area contributed by atoms with E-state index in [4.69, 9.17) is 0 Å². The minimum Gasteiger partial charge on any atom is -0.0801 e. The number of fused-ring (bicyclic) bond motifs is 3. The second-order valence-corrected chi connectivity index (χ2v) is 6.59. The van der Waals surface area contributed by atoms with Crippen LogP contribution in [0.15, 0.2) is 84.5 Å². The highest BCUT2D eigenvalue weighted by molar-refractivity contribution is 6.01. The molecule has 0 bridgehead atoms. The van der Waals surface area contributed by atoms with Gasteiger partial charge < -0.3 is 0 Å². The molecule has 0 aliphatic heterocycles.